The summed E-state index contributed by atoms with van der Waals surface area (Å²) in [6, 6.07) is 16.7. The number of rotatable bonds is 7. The molecular weight excluding hydrogens is 454 g/mol. The van der Waals surface area contributed by atoms with Crippen LogP contribution in [0.4, 0.5) is 5.69 Å². The summed E-state index contributed by atoms with van der Waals surface area (Å²) >= 11 is 6.18. The summed E-state index contributed by atoms with van der Waals surface area (Å²) in [5.74, 6) is -1.46. The molecule has 0 saturated heterocycles. The summed E-state index contributed by atoms with van der Waals surface area (Å²) in [6.45, 7) is 1.21. The van der Waals surface area contributed by atoms with Crippen molar-refractivity contribution >= 4 is 39.4 Å². The Balaban J connectivity index is 1.87. The van der Waals surface area contributed by atoms with Crippen LogP contribution in [0.25, 0.3) is 0 Å². The molecule has 3 rings (SSSR count). The Morgan fingerprint density at radius 2 is 1.81 bits per heavy atom. The number of hydrogen-bond acceptors (Lipinski definition) is 6. The van der Waals surface area contributed by atoms with Crippen molar-refractivity contribution in [2.24, 2.45) is 5.10 Å². The summed E-state index contributed by atoms with van der Waals surface area (Å²) in [7, 11) is -4.08. The average molecular weight is 474 g/mol. The van der Waals surface area contributed by atoms with Gasteiger partial charge in [-0.2, -0.15) is 5.10 Å². The van der Waals surface area contributed by atoms with Gasteiger partial charge >= 0.3 is 0 Å². The first-order valence-corrected chi connectivity index (χ1v) is 11.2. The van der Waals surface area contributed by atoms with E-state index >= 15 is 0 Å². The van der Waals surface area contributed by atoms with Gasteiger partial charge < -0.3 is 10.2 Å². The van der Waals surface area contributed by atoms with E-state index in [1.807, 2.05) is 0 Å². The average Bonchev–Trinajstić information content (AvgIpc) is 2.77. The molecule has 8 nitrogen and oxygen atoms in total. The molecule has 0 fully saturated rings. The van der Waals surface area contributed by atoms with Gasteiger partial charge in [0.15, 0.2) is 11.5 Å². The van der Waals surface area contributed by atoms with Gasteiger partial charge in [-0.15, -0.1) is 0 Å². The molecule has 0 unspecified atom stereocenters. The van der Waals surface area contributed by atoms with Crippen molar-refractivity contribution in [2.75, 3.05) is 10.8 Å². The molecular formula is C22H20ClN3O5S. The molecule has 3 aromatic rings. The zero-order chi connectivity index (χ0) is 23.3. The molecule has 0 aliphatic rings. The molecule has 1 amide bonds. The largest absolute Gasteiger partial charge is 0.504 e. The number of aryl methyl sites for hydroxylation is 1. The van der Waals surface area contributed by atoms with Crippen LogP contribution >= 0.6 is 11.6 Å². The first-order chi connectivity index (χ1) is 15.2. The van der Waals surface area contributed by atoms with Crippen LogP contribution < -0.4 is 9.73 Å². The molecule has 0 spiro atoms. The predicted molar refractivity (Wildman–Crippen MR) is 123 cm³/mol. The molecule has 0 radical (unpaired) electrons. The highest BCUT2D eigenvalue weighted by Gasteiger charge is 2.27. The van der Waals surface area contributed by atoms with Crippen LogP contribution in [0.15, 0.2) is 76.7 Å². The Kier molecular flexibility index (Phi) is 7.01. The minimum absolute atomic E-state index is 0.0117. The normalized spacial score (nSPS) is 11.4. The number of anilines is 1. The number of nitrogens with zero attached hydrogens (tertiary/aromatic N) is 2. The minimum atomic E-state index is -4.08. The number of sulfonamides is 1. The number of halogens is 1. The Bertz CT molecular complexity index is 1260. The lowest BCUT2D eigenvalue weighted by atomic mass is 10.2. The molecule has 0 atom stereocenters. The highest BCUT2D eigenvalue weighted by atomic mass is 35.5. The third kappa shape index (κ3) is 5.19. The lowest BCUT2D eigenvalue weighted by molar-refractivity contribution is -0.119. The monoisotopic (exact) mass is 473 g/mol. The zero-order valence-corrected chi connectivity index (χ0v) is 18.5. The van der Waals surface area contributed by atoms with Crippen molar-refractivity contribution in [2.45, 2.75) is 11.8 Å². The number of phenolic OH excluding ortho intramolecular Hbond substituents is 2. The van der Waals surface area contributed by atoms with Gasteiger partial charge in [-0.1, -0.05) is 41.9 Å². The fraction of sp³-hybridized carbons (Fsp3) is 0.0909. The maximum Gasteiger partial charge on any atom is 0.264 e. The first kappa shape index (κ1) is 23.1. The molecule has 0 aliphatic carbocycles. The maximum atomic E-state index is 13.2. The molecule has 0 aromatic heterocycles. The summed E-state index contributed by atoms with van der Waals surface area (Å²) in [6.07, 6.45) is 1.13. The Hall–Kier alpha value is -3.56. The quantitative estimate of drug-likeness (QED) is 0.276. The van der Waals surface area contributed by atoms with Crippen molar-refractivity contribution < 1.29 is 23.4 Å². The molecule has 10 heteroatoms. The number of carbonyl (C=O) groups excluding carboxylic acids is 1. The number of phenols is 2. The summed E-state index contributed by atoms with van der Waals surface area (Å²) in [4.78, 5) is 12.5. The van der Waals surface area contributed by atoms with Crippen molar-refractivity contribution in [1.82, 2.24) is 5.43 Å². The number of hydrazone groups is 1. The molecule has 0 saturated carbocycles. The van der Waals surface area contributed by atoms with E-state index in [4.69, 9.17) is 11.6 Å². The van der Waals surface area contributed by atoms with Crippen LogP contribution in [-0.2, 0) is 14.8 Å². The number of carbonyl (C=O) groups is 1. The van der Waals surface area contributed by atoms with Crippen LogP contribution in [0.2, 0.25) is 5.02 Å². The highest BCUT2D eigenvalue weighted by molar-refractivity contribution is 7.92. The molecule has 0 aliphatic heterocycles. The number of nitrogens with one attached hydrogen (secondary N) is 1. The van der Waals surface area contributed by atoms with Gasteiger partial charge in [0.25, 0.3) is 15.9 Å². The van der Waals surface area contributed by atoms with E-state index < -0.39 is 28.2 Å². The fourth-order valence-electron chi connectivity index (χ4n) is 2.76. The van der Waals surface area contributed by atoms with Crippen molar-refractivity contribution in [3.63, 3.8) is 0 Å². The van der Waals surface area contributed by atoms with Gasteiger partial charge in [-0.25, -0.2) is 13.8 Å². The number of aromatic hydroxyl groups is 2. The highest BCUT2D eigenvalue weighted by Crippen LogP contribution is 2.28. The molecule has 0 heterocycles. The van der Waals surface area contributed by atoms with Gasteiger partial charge in [0.2, 0.25) is 0 Å². The molecule has 32 heavy (non-hydrogen) atoms. The summed E-state index contributed by atoms with van der Waals surface area (Å²) in [5.41, 5.74) is 3.37. The van der Waals surface area contributed by atoms with E-state index in [1.165, 1.54) is 36.4 Å². The first-order valence-electron chi connectivity index (χ1n) is 9.37. The second kappa shape index (κ2) is 9.71. The van der Waals surface area contributed by atoms with E-state index in [0.717, 1.165) is 16.1 Å². The third-order valence-corrected chi connectivity index (χ3v) is 6.70. The number of hydrogen-bond donors (Lipinski definition) is 3. The fourth-order valence-corrected chi connectivity index (χ4v) is 4.37. The van der Waals surface area contributed by atoms with E-state index in [0.29, 0.717) is 5.02 Å². The van der Waals surface area contributed by atoms with Crippen LogP contribution in [0.5, 0.6) is 11.5 Å². The van der Waals surface area contributed by atoms with Gasteiger partial charge in [0.05, 0.1) is 16.8 Å². The summed E-state index contributed by atoms with van der Waals surface area (Å²) in [5, 5.41) is 23.4. The van der Waals surface area contributed by atoms with Crippen molar-refractivity contribution in [3.05, 3.63) is 82.9 Å². The van der Waals surface area contributed by atoms with Crippen molar-refractivity contribution in [3.8, 4) is 11.5 Å². The minimum Gasteiger partial charge on any atom is -0.504 e. The van der Waals surface area contributed by atoms with Gasteiger partial charge in [0.1, 0.15) is 6.54 Å². The standard InChI is InChI=1S/C22H20ClN3O5S/c1-15-10-11-17(12-19(15)23)26(32(30,31)18-7-3-2-4-8-18)14-21(28)25-24-13-16-6-5-9-20(27)22(16)29/h2-13,27,29H,14H2,1H3,(H,25,28). The summed E-state index contributed by atoms with van der Waals surface area (Å²) < 4.78 is 27.4. The zero-order valence-electron chi connectivity index (χ0n) is 16.9. The van der Waals surface area contributed by atoms with E-state index in [1.54, 1.807) is 37.3 Å². The van der Waals surface area contributed by atoms with E-state index in [2.05, 4.69) is 10.5 Å². The molecule has 3 N–H and O–H groups in total. The van der Waals surface area contributed by atoms with Crippen LogP contribution in [0.3, 0.4) is 0 Å². The lowest BCUT2D eigenvalue weighted by Gasteiger charge is -2.24. The van der Waals surface area contributed by atoms with Crippen LogP contribution in [-0.4, -0.2) is 37.3 Å². The SMILES string of the molecule is Cc1ccc(N(CC(=O)NN=Cc2cccc(O)c2O)S(=O)(=O)c2ccccc2)cc1Cl. The van der Waals surface area contributed by atoms with Crippen LogP contribution in [0, 0.1) is 6.92 Å². The Morgan fingerprint density at radius 1 is 1.09 bits per heavy atom. The third-order valence-electron chi connectivity index (χ3n) is 4.50. The lowest BCUT2D eigenvalue weighted by Crippen LogP contribution is -2.39. The molecule has 166 valence electrons. The number of amides is 1. The van der Waals surface area contributed by atoms with Gasteiger partial charge in [0, 0.05) is 10.6 Å². The Morgan fingerprint density at radius 3 is 2.50 bits per heavy atom. The predicted octanol–water partition coefficient (Wildman–Crippen LogP) is 3.41. The topological polar surface area (TPSA) is 119 Å². The maximum absolute atomic E-state index is 13.2. The molecule has 3 aromatic carbocycles. The van der Waals surface area contributed by atoms with Gasteiger partial charge in [-0.3, -0.25) is 9.10 Å². The number of para-hydroxylation sites is 1. The second-order valence-corrected chi connectivity index (χ2v) is 9.04. The van der Waals surface area contributed by atoms with Crippen molar-refractivity contribution in [1.29, 1.82) is 0 Å². The van der Waals surface area contributed by atoms with Gasteiger partial charge in [-0.05, 0) is 48.9 Å². The van der Waals surface area contributed by atoms with E-state index in [9.17, 15) is 23.4 Å². The number of benzene rings is 3. The Labute approximate surface area is 190 Å². The van der Waals surface area contributed by atoms with E-state index in [-0.39, 0.29) is 21.9 Å². The van der Waals surface area contributed by atoms with Crippen LogP contribution in [0.1, 0.15) is 11.1 Å². The second-order valence-electron chi connectivity index (χ2n) is 6.77. The smallest absolute Gasteiger partial charge is 0.264 e. The molecule has 0 bridgehead atoms.